The summed E-state index contributed by atoms with van der Waals surface area (Å²) in [6.45, 7) is 1.89. The van der Waals surface area contributed by atoms with Gasteiger partial charge in [0, 0.05) is 37.1 Å². The van der Waals surface area contributed by atoms with Gasteiger partial charge in [0.15, 0.2) is 23.0 Å². The summed E-state index contributed by atoms with van der Waals surface area (Å²) in [5, 5.41) is 2.48. The van der Waals surface area contributed by atoms with Crippen LogP contribution in [0, 0.1) is 0 Å². The Labute approximate surface area is 206 Å². The maximum Gasteiger partial charge on any atom is 0.273 e. The summed E-state index contributed by atoms with van der Waals surface area (Å²) >= 11 is 1.40. The summed E-state index contributed by atoms with van der Waals surface area (Å²) in [6.07, 6.45) is -0.685. The normalized spacial score (nSPS) is 17.1. The standard InChI is InChI=1S/C25H25N3O6S/c1-31-18-8-7-16(13-21(18)32-2)23-26-17(15-35-23)24(29)27-9-11-28(12-10-27)25(30)22-14-33-19-5-3-4-6-20(19)34-22/h3-8,13,15,22H,9-12,14H2,1-2H3. The van der Waals surface area contributed by atoms with Gasteiger partial charge in [-0.3, -0.25) is 9.59 Å². The van der Waals surface area contributed by atoms with Crippen LogP contribution in [0.1, 0.15) is 10.5 Å². The molecule has 0 spiro atoms. The van der Waals surface area contributed by atoms with Gasteiger partial charge < -0.3 is 28.7 Å². The Morgan fingerprint density at radius 2 is 1.69 bits per heavy atom. The van der Waals surface area contributed by atoms with E-state index in [0.717, 1.165) is 10.6 Å². The Morgan fingerprint density at radius 1 is 0.971 bits per heavy atom. The molecule has 0 radical (unpaired) electrons. The van der Waals surface area contributed by atoms with E-state index in [-0.39, 0.29) is 18.4 Å². The average Bonchev–Trinajstić information content (AvgIpc) is 3.42. The SMILES string of the molecule is COc1ccc(-c2nc(C(=O)N3CCN(C(=O)C4COc5ccccc5O4)CC3)cs2)cc1OC. The lowest BCUT2D eigenvalue weighted by molar-refractivity contribution is -0.142. The maximum absolute atomic E-state index is 13.1. The molecule has 0 aliphatic carbocycles. The van der Waals surface area contributed by atoms with Crippen LogP contribution in [0.2, 0.25) is 0 Å². The molecule has 35 heavy (non-hydrogen) atoms. The molecule has 0 N–H and O–H groups in total. The molecule has 2 aliphatic rings. The molecule has 2 aromatic carbocycles. The predicted octanol–water partition coefficient (Wildman–Crippen LogP) is 2.95. The van der Waals surface area contributed by atoms with Crippen LogP contribution in [0.25, 0.3) is 10.6 Å². The van der Waals surface area contributed by atoms with Crippen LogP contribution in [0.15, 0.2) is 47.8 Å². The van der Waals surface area contributed by atoms with E-state index in [2.05, 4.69) is 4.98 Å². The van der Waals surface area contributed by atoms with Crippen LogP contribution in [-0.4, -0.2) is 79.7 Å². The third kappa shape index (κ3) is 4.61. The number of carbonyl (C=O) groups is 2. The van der Waals surface area contributed by atoms with Gasteiger partial charge in [-0.05, 0) is 30.3 Å². The zero-order chi connectivity index (χ0) is 24.4. The molecule has 1 aromatic heterocycles. The monoisotopic (exact) mass is 495 g/mol. The van der Waals surface area contributed by atoms with Crippen LogP contribution < -0.4 is 18.9 Å². The number of nitrogens with zero attached hydrogens (tertiary/aromatic N) is 3. The number of rotatable bonds is 5. The number of hydrogen-bond donors (Lipinski definition) is 0. The van der Waals surface area contributed by atoms with Crippen molar-refractivity contribution in [2.45, 2.75) is 6.10 Å². The number of hydrogen-bond acceptors (Lipinski definition) is 8. The minimum Gasteiger partial charge on any atom is -0.493 e. The van der Waals surface area contributed by atoms with Gasteiger partial charge in [0.2, 0.25) is 6.10 Å². The highest BCUT2D eigenvalue weighted by atomic mass is 32.1. The highest BCUT2D eigenvalue weighted by Gasteiger charge is 2.34. The van der Waals surface area contributed by atoms with Crippen LogP contribution in [-0.2, 0) is 4.79 Å². The summed E-state index contributed by atoms with van der Waals surface area (Å²) in [6, 6.07) is 12.8. The number of fused-ring (bicyclic) bond motifs is 1. The zero-order valence-corrected chi connectivity index (χ0v) is 20.2. The van der Waals surface area contributed by atoms with Gasteiger partial charge in [0.05, 0.1) is 14.2 Å². The number of methoxy groups -OCH3 is 2. The lowest BCUT2D eigenvalue weighted by Gasteiger charge is -2.37. The minimum absolute atomic E-state index is 0.129. The fourth-order valence-corrected chi connectivity index (χ4v) is 4.90. The molecule has 9 nitrogen and oxygen atoms in total. The van der Waals surface area contributed by atoms with Crippen LogP contribution in [0.4, 0.5) is 0 Å². The van der Waals surface area contributed by atoms with Gasteiger partial charge in [-0.25, -0.2) is 4.98 Å². The lowest BCUT2D eigenvalue weighted by atomic mass is 10.2. The highest BCUT2D eigenvalue weighted by Crippen LogP contribution is 2.34. The van der Waals surface area contributed by atoms with E-state index in [1.165, 1.54) is 11.3 Å². The van der Waals surface area contributed by atoms with Crippen molar-refractivity contribution in [2.24, 2.45) is 0 Å². The molecule has 0 bridgehead atoms. The van der Waals surface area contributed by atoms with Gasteiger partial charge in [0.25, 0.3) is 11.8 Å². The molecule has 3 aromatic rings. The van der Waals surface area contributed by atoms with Crippen molar-refractivity contribution < 1.29 is 28.5 Å². The van der Waals surface area contributed by atoms with E-state index in [1.54, 1.807) is 35.5 Å². The average molecular weight is 496 g/mol. The first-order chi connectivity index (χ1) is 17.1. The first-order valence-corrected chi connectivity index (χ1v) is 12.1. The molecule has 1 fully saturated rings. The quantitative estimate of drug-likeness (QED) is 0.538. The largest absolute Gasteiger partial charge is 0.493 e. The van der Waals surface area contributed by atoms with Gasteiger partial charge in [-0.1, -0.05) is 12.1 Å². The Bertz CT molecular complexity index is 1240. The van der Waals surface area contributed by atoms with Gasteiger partial charge in [0.1, 0.15) is 17.3 Å². The smallest absolute Gasteiger partial charge is 0.273 e. The zero-order valence-electron chi connectivity index (χ0n) is 19.4. The first kappa shape index (κ1) is 23.0. The Morgan fingerprint density at radius 3 is 2.43 bits per heavy atom. The lowest BCUT2D eigenvalue weighted by Crippen LogP contribution is -2.55. The molecular weight excluding hydrogens is 470 g/mol. The number of benzene rings is 2. The van der Waals surface area contributed by atoms with Crippen LogP contribution >= 0.6 is 11.3 Å². The van der Waals surface area contributed by atoms with Crippen molar-refractivity contribution in [1.29, 1.82) is 0 Å². The number of aromatic nitrogens is 1. The topological polar surface area (TPSA) is 90.4 Å². The third-order valence-electron chi connectivity index (χ3n) is 6.02. The predicted molar refractivity (Wildman–Crippen MR) is 129 cm³/mol. The van der Waals surface area contributed by atoms with Crippen molar-refractivity contribution in [3.05, 3.63) is 53.5 Å². The molecule has 1 saturated heterocycles. The second-order valence-corrected chi connectivity index (χ2v) is 8.95. The van der Waals surface area contributed by atoms with E-state index in [1.807, 2.05) is 36.4 Å². The van der Waals surface area contributed by atoms with Crippen LogP contribution in [0.3, 0.4) is 0 Å². The summed E-state index contributed by atoms with van der Waals surface area (Å²) in [4.78, 5) is 34.0. The molecule has 5 rings (SSSR count). The molecule has 182 valence electrons. The van der Waals surface area contributed by atoms with E-state index in [4.69, 9.17) is 18.9 Å². The van der Waals surface area contributed by atoms with E-state index < -0.39 is 6.10 Å². The van der Waals surface area contributed by atoms with E-state index in [0.29, 0.717) is 54.9 Å². The van der Waals surface area contributed by atoms with E-state index in [9.17, 15) is 9.59 Å². The van der Waals surface area contributed by atoms with Crippen molar-refractivity contribution in [3.8, 4) is 33.6 Å². The number of para-hydroxylation sites is 2. The molecule has 2 amide bonds. The van der Waals surface area contributed by atoms with Crippen molar-refractivity contribution in [1.82, 2.24) is 14.8 Å². The first-order valence-electron chi connectivity index (χ1n) is 11.2. The fourth-order valence-electron chi connectivity index (χ4n) is 4.11. The second kappa shape index (κ2) is 9.83. The molecule has 10 heteroatoms. The Hall–Kier alpha value is -3.79. The van der Waals surface area contributed by atoms with Crippen LogP contribution in [0.5, 0.6) is 23.0 Å². The van der Waals surface area contributed by atoms with Gasteiger partial charge in [-0.2, -0.15) is 0 Å². The Balaban J connectivity index is 1.19. The summed E-state index contributed by atoms with van der Waals surface area (Å²) in [5.41, 5.74) is 1.23. The highest BCUT2D eigenvalue weighted by molar-refractivity contribution is 7.13. The molecular formula is C25H25N3O6S. The number of carbonyl (C=O) groups excluding carboxylic acids is 2. The number of ether oxygens (including phenoxy) is 4. The number of piperazine rings is 1. The van der Waals surface area contributed by atoms with Crippen molar-refractivity contribution >= 4 is 23.2 Å². The third-order valence-corrected chi connectivity index (χ3v) is 6.91. The summed E-state index contributed by atoms with van der Waals surface area (Å²) < 4.78 is 22.2. The molecule has 1 unspecified atom stereocenters. The number of amides is 2. The Kier molecular flexibility index (Phi) is 6.45. The fraction of sp³-hybridized carbons (Fsp3) is 0.320. The molecule has 1 atom stereocenters. The van der Waals surface area contributed by atoms with Gasteiger partial charge >= 0.3 is 0 Å². The van der Waals surface area contributed by atoms with Gasteiger partial charge in [-0.15, -0.1) is 11.3 Å². The minimum atomic E-state index is -0.685. The molecule has 3 heterocycles. The van der Waals surface area contributed by atoms with Crippen molar-refractivity contribution in [2.75, 3.05) is 47.0 Å². The van der Waals surface area contributed by atoms with E-state index >= 15 is 0 Å². The maximum atomic E-state index is 13.1. The summed E-state index contributed by atoms with van der Waals surface area (Å²) in [5.74, 6) is 2.17. The number of thiazole rings is 1. The molecule has 2 aliphatic heterocycles. The summed E-state index contributed by atoms with van der Waals surface area (Å²) in [7, 11) is 3.16. The van der Waals surface area contributed by atoms with Crippen molar-refractivity contribution in [3.63, 3.8) is 0 Å². The molecule has 0 saturated carbocycles. The second-order valence-electron chi connectivity index (χ2n) is 8.09.